The molecule has 0 bridgehead atoms. The van der Waals surface area contributed by atoms with Gasteiger partial charge in [-0.1, -0.05) is 25.4 Å². The number of β-amino-alcohol motifs (C(OH)–C–C–N with tert-alkyl or cyclic N) is 2. The molecular formula is C43H50ClN13O2. The lowest BCUT2D eigenvalue weighted by Gasteiger charge is -2.19. The van der Waals surface area contributed by atoms with Crippen molar-refractivity contribution in [3.63, 3.8) is 0 Å². The fraction of sp³-hybridized carbons (Fsp3) is 0.395. The van der Waals surface area contributed by atoms with Crippen LogP contribution < -0.4 is 5.32 Å². The first kappa shape index (κ1) is 40.3. The van der Waals surface area contributed by atoms with E-state index < -0.39 is 12.2 Å². The average Bonchev–Trinajstić information content (AvgIpc) is 4.08. The van der Waals surface area contributed by atoms with Crippen LogP contribution in [0.25, 0.3) is 44.3 Å². The van der Waals surface area contributed by atoms with Crippen molar-refractivity contribution in [3.8, 4) is 22.3 Å². The van der Waals surface area contributed by atoms with Gasteiger partial charge in [-0.25, -0.2) is 9.97 Å². The number of hydrogen-bond donors (Lipinski definition) is 3. The molecule has 2 atom stereocenters. The summed E-state index contributed by atoms with van der Waals surface area (Å²) in [6.45, 7) is 10.9. The van der Waals surface area contributed by atoms with Crippen LogP contribution in [0.4, 0.5) is 11.6 Å². The number of anilines is 2. The van der Waals surface area contributed by atoms with Crippen LogP contribution in [-0.2, 0) is 13.1 Å². The van der Waals surface area contributed by atoms with Crippen LogP contribution in [0, 0.1) is 0 Å². The van der Waals surface area contributed by atoms with Gasteiger partial charge in [-0.3, -0.25) is 19.3 Å². The summed E-state index contributed by atoms with van der Waals surface area (Å²) < 4.78 is 3.58. The number of fused-ring (bicyclic) bond motifs is 2. The summed E-state index contributed by atoms with van der Waals surface area (Å²) in [5, 5.41) is 41.5. The van der Waals surface area contributed by atoms with Crippen molar-refractivity contribution in [2.24, 2.45) is 0 Å². The maximum atomic E-state index is 10.4. The number of pyridine rings is 4. The summed E-state index contributed by atoms with van der Waals surface area (Å²) in [5.74, 6) is 1.72. The Balaban J connectivity index is 0.000000172. The van der Waals surface area contributed by atoms with Crippen LogP contribution in [0.2, 0.25) is 5.15 Å². The first-order valence-corrected chi connectivity index (χ1v) is 20.7. The van der Waals surface area contributed by atoms with Gasteiger partial charge in [-0.15, -0.1) is 5.10 Å². The number of aliphatic hydroxyl groups excluding tert-OH is 2. The van der Waals surface area contributed by atoms with Gasteiger partial charge in [0.2, 0.25) is 0 Å². The van der Waals surface area contributed by atoms with E-state index in [-0.39, 0.29) is 0 Å². The minimum atomic E-state index is -0.437. The quantitative estimate of drug-likeness (QED) is 0.112. The molecule has 2 aliphatic heterocycles. The fourth-order valence-corrected chi connectivity index (χ4v) is 7.72. The standard InChI is InChI=1S/C25H30N8O.C18H20ClN5O/c1-17(2)18-10-25(31-27-12-18)30-24-6-5-22-23(29-24)9-19(11-26-22)20-13-28-33(14-20)16-21(34)15-32-7-3-4-8-32;19-18-4-3-16-17(22-18)7-13(8-20-16)14-9-21-24(10-14)12-15(25)11-23-5-1-2-6-23/h5-6,9-14,17,21,34H,3-4,7-8,15-16H2,1-2H3,(H,29,30,31);3-4,7-10,15,25H,1-2,5-6,11-12H2. The highest BCUT2D eigenvalue weighted by Gasteiger charge is 2.18. The molecule has 2 fully saturated rings. The van der Waals surface area contributed by atoms with Crippen LogP contribution in [-0.4, -0.2) is 121 Å². The van der Waals surface area contributed by atoms with Gasteiger partial charge in [-0.2, -0.15) is 15.3 Å². The average molecular weight is 816 g/mol. The van der Waals surface area contributed by atoms with Gasteiger partial charge in [0.25, 0.3) is 0 Å². The Hall–Kier alpha value is -5.45. The third-order valence-electron chi connectivity index (χ3n) is 10.7. The molecule has 7 aromatic rings. The zero-order valence-corrected chi connectivity index (χ0v) is 34.2. The summed E-state index contributed by atoms with van der Waals surface area (Å²) in [4.78, 5) is 22.6. The minimum Gasteiger partial charge on any atom is -0.390 e. The Kier molecular flexibility index (Phi) is 12.7. The first-order valence-electron chi connectivity index (χ1n) is 20.4. The molecule has 0 saturated carbocycles. The third kappa shape index (κ3) is 10.6. The molecule has 9 heterocycles. The number of aliphatic hydroxyl groups is 2. The second-order valence-corrected chi connectivity index (χ2v) is 16.1. The monoisotopic (exact) mass is 815 g/mol. The molecule has 306 valence electrons. The van der Waals surface area contributed by atoms with Crippen molar-refractivity contribution in [2.45, 2.75) is 70.7 Å². The normalized spacial score (nSPS) is 15.8. The van der Waals surface area contributed by atoms with E-state index >= 15 is 0 Å². The number of nitrogens with one attached hydrogen (secondary N) is 1. The van der Waals surface area contributed by atoms with Crippen LogP contribution in [0.15, 0.2) is 85.8 Å². The van der Waals surface area contributed by atoms with Gasteiger partial charge in [0.1, 0.15) is 11.0 Å². The molecular weight excluding hydrogens is 766 g/mol. The maximum absolute atomic E-state index is 10.4. The lowest BCUT2D eigenvalue weighted by Crippen LogP contribution is -2.32. The number of aromatic nitrogens is 10. The largest absolute Gasteiger partial charge is 0.390 e. The van der Waals surface area contributed by atoms with Gasteiger partial charge < -0.3 is 25.3 Å². The molecule has 0 radical (unpaired) electrons. The third-order valence-corrected chi connectivity index (χ3v) is 10.9. The molecule has 0 amide bonds. The van der Waals surface area contributed by atoms with Crippen molar-refractivity contribution >= 4 is 45.3 Å². The number of hydrogen-bond acceptors (Lipinski definition) is 13. The van der Waals surface area contributed by atoms with Crippen molar-refractivity contribution in [2.75, 3.05) is 44.6 Å². The summed E-state index contributed by atoms with van der Waals surface area (Å²) >= 11 is 5.96. The van der Waals surface area contributed by atoms with Crippen LogP contribution >= 0.6 is 11.6 Å². The van der Waals surface area contributed by atoms with Crippen molar-refractivity contribution in [3.05, 3.63) is 96.6 Å². The van der Waals surface area contributed by atoms with E-state index in [2.05, 4.69) is 64.3 Å². The van der Waals surface area contributed by atoms with Crippen molar-refractivity contribution in [1.29, 1.82) is 0 Å². The number of halogens is 1. The van der Waals surface area contributed by atoms with Crippen LogP contribution in [0.5, 0.6) is 0 Å². The SMILES string of the molecule is CC(C)c1cnnc(Nc2ccc3ncc(-c4cnn(CC(O)CN5CCCC5)c4)cc3n2)c1.OC(CN1CCCC1)Cn1cc(-c2cnc3ccc(Cl)nc3c2)cn1. The number of likely N-dealkylation sites (tertiary alicyclic amines) is 2. The topological polar surface area (TPSA) is 172 Å². The molecule has 3 N–H and O–H groups in total. The maximum Gasteiger partial charge on any atom is 0.154 e. The Bertz CT molecular complexity index is 2480. The Morgan fingerprint density at radius 2 is 1.15 bits per heavy atom. The molecule has 0 aliphatic carbocycles. The van der Waals surface area contributed by atoms with Gasteiger partial charge >= 0.3 is 0 Å². The lowest BCUT2D eigenvalue weighted by atomic mass is 10.1. The van der Waals surface area contributed by atoms with Gasteiger partial charge in [0.05, 0.1) is 66.0 Å². The molecule has 0 aromatic carbocycles. The van der Waals surface area contributed by atoms with Crippen LogP contribution in [0.1, 0.15) is 51.0 Å². The van der Waals surface area contributed by atoms with E-state index in [1.165, 1.54) is 25.7 Å². The Labute approximate surface area is 348 Å². The fourth-order valence-electron chi connectivity index (χ4n) is 7.56. The minimum absolute atomic E-state index is 0.370. The van der Waals surface area contributed by atoms with E-state index in [1.807, 2.05) is 55.0 Å². The predicted octanol–water partition coefficient (Wildman–Crippen LogP) is 6.21. The molecule has 9 rings (SSSR count). The van der Waals surface area contributed by atoms with E-state index in [0.29, 0.717) is 48.9 Å². The van der Waals surface area contributed by atoms with Crippen LogP contribution in [0.3, 0.4) is 0 Å². The van der Waals surface area contributed by atoms with E-state index in [4.69, 9.17) is 16.6 Å². The predicted molar refractivity (Wildman–Crippen MR) is 229 cm³/mol. The highest BCUT2D eigenvalue weighted by atomic mass is 35.5. The second-order valence-electron chi connectivity index (χ2n) is 15.7. The Morgan fingerprint density at radius 3 is 1.71 bits per heavy atom. The second kappa shape index (κ2) is 18.6. The highest BCUT2D eigenvalue weighted by molar-refractivity contribution is 6.29. The molecule has 15 nitrogen and oxygen atoms in total. The first-order chi connectivity index (χ1) is 28.7. The summed E-state index contributed by atoms with van der Waals surface area (Å²) in [7, 11) is 0. The zero-order chi connectivity index (χ0) is 40.7. The molecule has 2 aliphatic rings. The highest BCUT2D eigenvalue weighted by Crippen LogP contribution is 2.25. The number of nitrogens with zero attached hydrogens (tertiary/aromatic N) is 12. The molecule has 2 saturated heterocycles. The van der Waals surface area contributed by atoms with Gasteiger partial charge in [0.15, 0.2) is 5.82 Å². The Morgan fingerprint density at radius 1 is 0.610 bits per heavy atom. The number of rotatable bonds is 13. The molecule has 16 heteroatoms. The van der Waals surface area contributed by atoms with Crippen molar-refractivity contribution < 1.29 is 10.2 Å². The van der Waals surface area contributed by atoms with Crippen molar-refractivity contribution in [1.82, 2.24) is 59.5 Å². The molecule has 0 spiro atoms. The van der Waals surface area contributed by atoms with E-state index in [0.717, 1.165) is 76.1 Å². The van der Waals surface area contributed by atoms with E-state index in [1.54, 1.807) is 40.2 Å². The molecule has 7 aromatic heterocycles. The molecule has 2 unspecified atom stereocenters. The summed E-state index contributed by atoms with van der Waals surface area (Å²) in [5.41, 5.74) is 8.02. The summed E-state index contributed by atoms with van der Waals surface area (Å²) in [6.07, 6.45) is 16.9. The van der Waals surface area contributed by atoms with Gasteiger partial charge in [-0.05, 0) is 106 Å². The molecule has 59 heavy (non-hydrogen) atoms. The van der Waals surface area contributed by atoms with E-state index in [9.17, 15) is 10.2 Å². The smallest absolute Gasteiger partial charge is 0.154 e. The zero-order valence-electron chi connectivity index (χ0n) is 33.4. The lowest BCUT2D eigenvalue weighted by molar-refractivity contribution is 0.105. The van der Waals surface area contributed by atoms with Gasteiger partial charge in [0, 0.05) is 60.1 Å². The summed E-state index contributed by atoms with van der Waals surface area (Å²) in [6, 6.07) is 13.4.